The molecule has 4 nitrogen and oxygen atoms in total. The second-order valence-corrected chi connectivity index (χ2v) is 5.04. The summed E-state index contributed by atoms with van der Waals surface area (Å²) >= 11 is 0. The van der Waals surface area contributed by atoms with Crippen LogP contribution in [-0.2, 0) is 4.79 Å². The number of carbonyl (C=O) groups excluding carboxylic acids is 1. The minimum Gasteiger partial charge on any atom is -0.345 e. The number of amides is 1. The van der Waals surface area contributed by atoms with Crippen LogP contribution in [0.25, 0.3) is 0 Å². The molecular formula is C13H25N3O. The maximum Gasteiger partial charge on any atom is 0.236 e. The highest BCUT2D eigenvalue weighted by Crippen LogP contribution is 2.21. The Morgan fingerprint density at radius 3 is 2.59 bits per heavy atom. The van der Waals surface area contributed by atoms with E-state index in [2.05, 4.69) is 11.4 Å². The summed E-state index contributed by atoms with van der Waals surface area (Å²) in [6.45, 7) is 7.87. The molecule has 1 N–H and O–H groups in total. The van der Waals surface area contributed by atoms with E-state index in [9.17, 15) is 4.79 Å². The summed E-state index contributed by atoms with van der Waals surface area (Å²) in [6, 6.07) is 2.29. The van der Waals surface area contributed by atoms with E-state index < -0.39 is 0 Å². The van der Waals surface area contributed by atoms with Crippen molar-refractivity contribution in [3.8, 4) is 6.07 Å². The Morgan fingerprint density at radius 1 is 1.41 bits per heavy atom. The van der Waals surface area contributed by atoms with Crippen LogP contribution >= 0.6 is 0 Å². The maximum absolute atomic E-state index is 11.4. The van der Waals surface area contributed by atoms with Gasteiger partial charge in [-0.15, -0.1) is 0 Å². The van der Waals surface area contributed by atoms with E-state index in [4.69, 9.17) is 5.26 Å². The van der Waals surface area contributed by atoms with Gasteiger partial charge in [0.1, 0.15) is 0 Å². The molecule has 98 valence electrons. The molecule has 0 radical (unpaired) electrons. The van der Waals surface area contributed by atoms with Crippen molar-refractivity contribution in [2.45, 2.75) is 40.0 Å². The van der Waals surface area contributed by atoms with Crippen LogP contribution in [0.3, 0.4) is 0 Å². The lowest BCUT2D eigenvalue weighted by Gasteiger charge is -2.16. The number of rotatable bonds is 8. The molecule has 0 fully saturated rings. The molecule has 0 aliphatic heterocycles. The first-order valence-electron chi connectivity index (χ1n) is 6.29. The fourth-order valence-electron chi connectivity index (χ4n) is 1.38. The molecule has 0 aliphatic carbocycles. The van der Waals surface area contributed by atoms with Crippen molar-refractivity contribution in [3.05, 3.63) is 0 Å². The highest BCUT2D eigenvalue weighted by atomic mass is 16.2. The average Bonchev–Trinajstić information content (AvgIpc) is 2.32. The lowest BCUT2D eigenvalue weighted by Crippen LogP contribution is -2.35. The van der Waals surface area contributed by atoms with Crippen LogP contribution in [0.5, 0.6) is 0 Å². The molecule has 0 aromatic rings. The Hall–Kier alpha value is -1.08. The Balaban J connectivity index is 3.48. The normalized spacial score (nSPS) is 11.0. The van der Waals surface area contributed by atoms with Crippen molar-refractivity contribution >= 4 is 5.91 Å². The molecule has 0 atom stereocenters. The number of nitrogens with zero attached hydrogens (tertiary/aromatic N) is 2. The van der Waals surface area contributed by atoms with E-state index in [0.717, 1.165) is 32.4 Å². The molecular weight excluding hydrogens is 214 g/mol. The van der Waals surface area contributed by atoms with Gasteiger partial charge in [0, 0.05) is 13.6 Å². The largest absolute Gasteiger partial charge is 0.345 e. The number of likely N-dealkylation sites (N-methyl/N-ethyl adjacent to an activating group) is 1. The summed E-state index contributed by atoms with van der Waals surface area (Å²) in [5, 5.41) is 12.0. The van der Waals surface area contributed by atoms with Crippen LogP contribution in [0.2, 0.25) is 0 Å². The van der Waals surface area contributed by atoms with Crippen molar-refractivity contribution in [1.82, 2.24) is 10.2 Å². The van der Waals surface area contributed by atoms with Gasteiger partial charge in [-0.25, -0.2) is 0 Å². The molecule has 0 aromatic carbocycles. The third-order valence-electron chi connectivity index (χ3n) is 2.88. The predicted octanol–water partition coefficient (Wildman–Crippen LogP) is 1.77. The molecule has 0 aromatic heterocycles. The summed E-state index contributed by atoms with van der Waals surface area (Å²) in [5.74, 6) is 0.129. The molecule has 0 bridgehead atoms. The standard InChI is InChI=1S/C13H25N3O/c1-5-16(4)12(17)10-15-9-7-6-8-13(2,3)11-14/h15H,5-10H2,1-4H3. The zero-order valence-corrected chi connectivity index (χ0v) is 11.5. The van der Waals surface area contributed by atoms with E-state index in [1.54, 1.807) is 11.9 Å². The van der Waals surface area contributed by atoms with E-state index >= 15 is 0 Å². The Morgan fingerprint density at radius 2 is 2.06 bits per heavy atom. The van der Waals surface area contributed by atoms with Gasteiger partial charge >= 0.3 is 0 Å². The maximum atomic E-state index is 11.4. The van der Waals surface area contributed by atoms with E-state index in [0.29, 0.717) is 6.54 Å². The van der Waals surface area contributed by atoms with Gasteiger partial charge < -0.3 is 10.2 Å². The topological polar surface area (TPSA) is 56.1 Å². The summed E-state index contributed by atoms with van der Waals surface area (Å²) in [6.07, 6.45) is 2.94. The van der Waals surface area contributed by atoms with Gasteiger partial charge in [-0.3, -0.25) is 4.79 Å². The third-order valence-corrected chi connectivity index (χ3v) is 2.88. The van der Waals surface area contributed by atoms with E-state index in [1.807, 2.05) is 20.8 Å². The van der Waals surface area contributed by atoms with Gasteiger partial charge in [0.2, 0.25) is 5.91 Å². The molecule has 0 saturated carbocycles. The highest BCUT2D eigenvalue weighted by molar-refractivity contribution is 5.77. The molecule has 1 amide bonds. The van der Waals surface area contributed by atoms with E-state index in [-0.39, 0.29) is 11.3 Å². The molecule has 0 saturated heterocycles. The van der Waals surface area contributed by atoms with Gasteiger partial charge in [-0.1, -0.05) is 6.42 Å². The lowest BCUT2D eigenvalue weighted by molar-refractivity contribution is -0.128. The summed E-state index contributed by atoms with van der Waals surface area (Å²) in [5.41, 5.74) is -0.224. The first-order chi connectivity index (χ1) is 7.93. The summed E-state index contributed by atoms with van der Waals surface area (Å²) in [7, 11) is 1.81. The molecule has 0 spiro atoms. The summed E-state index contributed by atoms with van der Waals surface area (Å²) in [4.78, 5) is 13.1. The number of carbonyl (C=O) groups is 1. The minimum atomic E-state index is -0.224. The molecule has 0 unspecified atom stereocenters. The van der Waals surface area contributed by atoms with Crippen LogP contribution in [0.4, 0.5) is 0 Å². The molecule has 4 heteroatoms. The van der Waals surface area contributed by atoms with Crippen molar-refractivity contribution in [2.24, 2.45) is 5.41 Å². The highest BCUT2D eigenvalue weighted by Gasteiger charge is 2.15. The van der Waals surface area contributed by atoms with Crippen molar-refractivity contribution < 1.29 is 4.79 Å². The minimum absolute atomic E-state index is 0.129. The fraction of sp³-hybridized carbons (Fsp3) is 0.846. The number of hydrogen-bond donors (Lipinski definition) is 1. The molecule has 0 rings (SSSR count). The van der Waals surface area contributed by atoms with Crippen molar-refractivity contribution in [1.29, 1.82) is 5.26 Å². The Bertz CT molecular complexity index is 268. The van der Waals surface area contributed by atoms with E-state index in [1.165, 1.54) is 0 Å². The van der Waals surface area contributed by atoms with Crippen LogP contribution in [0.15, 0.2) is 0 Å². The zero-order valence-electron chi connectivity index (χ0n) is 11.5. The van der Waals surface area contributed by atoms with Gasteiger partial charge in [0.15, 0.2) is 0 Å². The van der Waals surface area contributed by atoms with Crippen molar-refractivity contribution in [2.75, 3.05) is 26.7 Å². The SMILES string of the molecule is CCN(C)C(=O)CNCCCCC(C)(C)C#N. The second-order valence-electron chi connectivity index (χ2n) is 5.04. The first-order valence-corrected chi connectivity index (χ1v) is 6.29. The monoisotopic (exact) mass is 239 g/mol. The fourth-order valence-corrected chi connectivity index (χ4v) is 1.38. The van der Waals surface area contributed by atoms with Gasteiger partial charge in [0.05, 0.1) is 18.0 Å². The van der Waals surface area contributed by atoms with Crippen LogP contribution < -0.4 is 5.32 Å². The number of nitriles is 1. The van der Waals surface area contributed by atoms with Gasteiger partial charge in [-0.2, -0.15) is 5.26 Å². The van der Waals surface area contributed by atoms with Crippen LogP contribution in [0.1, 0.15) is 40.0 Å². The number of hydrogen-bond acceptors (Lipinski definition) is 3. The first kappa shape index (κ1) is 15.9. The molecule has 0 aliphatic rings. The smallest absolute Gasteiger partial charge is 0.236 e. The van der Waals surface area contributed by atoms with Gasteiger partial charge in [-0.05, 0) is 40.2 Å². The third kappa shape index (κ3) is 7.76. The number of unbranched alkanes of at least 4 members (excludes halogenated alkanes) is 1. The van der Waals surface area contributed by atoms with Gasteiger partial charge in [0.25, 0.3) is 0 Å². The summed E-state index contributed by atoms with van der Waals surface area (Å²) < 4.78 is 0. The molecule has 17 heavy (non-hydrogen) atoms. The van der Waals surface area contributed by atoms with Crippen LogP contribution in [-0.4, -0.2) is 37.5 Å². The predicted molar refractivity (Wildman–Crippen MR) is 69.4 cm³/mol. The molecule has 0 heterocycles. The lowest BCUT2D eigenvalue weighted by atomic mass is 9.89. The Kier molecular flexibility index (Phi) is 7.56. The van der Waals surface area contributed by atoms with Crippen LogP contribution in [0, 0.1) is 16.7 Å². The Labute approximate surface area is 105 Å². The zero-order chi connectivity index (χ0) is 13.3. The van der Waals surface area contributed by atoms with Crippen molar-refractivity contribution in [3.63, 3.8) is 0 Å². The average molecular weight is 239 g/mol. The second kappa shape index (κ2) is 8.08. The quantitative estimate of drug-likeness (QED) is 0.657. The number of nitrogens with one attached hydrogen (secondary N) is 1.